The minimum Gasteiger partial charge on any atom is -0.481 e. The SMILES string of the molecule is CCCC[N+](CCCC)(CCCC)CCCCCCC(=O)O. The van der Waals surface area contributed by atoms with Crippen LogP contribution in [0.5, 0.6) is 0 Å². The second kappa shape index (κ2) is 14.0. The Morgan fingerprint density at radius 1 is 0.682 bits per heavy atom. The summed E-state index contributed by atoms with van der Waals surface area (Å²) in [5.41, 5.74) is 0. The molecule has 3 nitrogen and oxygen atoms in total. The maximum absolute atomic E-state index is 10.5. The van der Waals surface area contributed by atoms with Crippen LogP contribution in [0.25, 0.3) is 0 Å². The molecule has 0 saturated carbocycles. The van der Waals surface area contributed by atoms with Gasteiger partial charge in [0, 0.05) is 6.42 Å². The summed E-state index contributed by atoms with van der Waals surface area (Å²) >= 11 is 0. The molecule has 0 fully saturated rings. The van der Waals surface area contributed by atoms with Gasteiger partial charge in [0.2, 0.25) is 0 Å². The van der Waals surface area contributed by atoms with Gasteiger partial charge < -0.3 is 9.59 Å². The van der Waals surface area contributed by atoms with Gasteiger partial charge in [-0.05, 0) is 38.5 Å². The van der Waals surface area contributed by atoms with E-state index in [0.29, 0.717) is 6.42 Å². The van der Waals surface area contributed by atoms with Crippen molar-refractivity contribution in [2.24, 2.45) is 0 Å². The van der Waals surface area contributed by atoms with Gasteiger partial charge in [0.25, 0.3) is 0 Å². The van der Waals surface area contributed by atoms with Gasteiger partial charge in [-0.25, -0.2) is 0 Å². The summed E-state index contributed by atoms with van der Waals surface area (Å²) in [5.74, 6) is -0.654. The fraction of sp³-hybridized carbons (Fsp3) is 0.947. The van der Waals surface area contributed by atoms with Crippen LogP contribution < -0.4 is 0 Å². The molecule has 0 saturated heterocycles. The molecule has 0 radical (unpaired) electrons. The number of carboxylic acid groups (broad SMARTS) is 1. The molecule has 0 bridgehead atoms. The fourth-order valence-corrected chi connectivity index (χ4v) is 3.23. The molecule has 0 atom stereocenters. The van der Waals surface area contributed by atoms with Crippen molar-refractivity contribution in [2.45, 2.75) is 91.4 Å². The monoisotopic (exact) mass is 314 g/mol. The third-order valence-corrected chi connectivity index (χ3v) is 4.73. The summed E-state index contributed by atoms with van der Waals surface area (Å²) in [4.78, 5) is 10.5. The van der Waals surface area contributed by atoms with Gasteiger partial charge in [0.1, 0.15) is 0 Å². The highest BCUT2D eigenvalue weighted by Crippen LogP contribution is 2.17. The van der Waals surface area contributed by atoms with Crippen LogP contribution in [0.1, 0.15) is 91.4 Å². The van der Waals surface area contributed by atoms with E-state index in [1.807, 2.05) is 0 Å². The second-order valence-corrected chi connectivity index (χ2v) is 6.85. The first kappa shape index (κ1) is 21.4. The van der Waals surface area contributed by atoms with Crippen molar-refractivity contribution in [1.82, 2.24) is 0 Å². The number of quaternary nitrogens is 1. The predicted octanol–water partition coefficient (Wildman–Crippen LogP) is 5.24. The number of hydrogen-bond donors (Lipinski definition) is 1. The Labute approximate surface area is 138 Å². The lowest BCUT2D eigenvalue weighted by atomic mass is 10.1. The van der Waals surface area contributed by atoms with Crippen LogP contribution in [-0.2, 0) is 4.79 Å². The summed E-state index contributed by atoms with van der Waals surface area (Å²) in [6, 6.07) is 0. The highest BCUT2D eigenvalue weighted by atomic mass is 16.4. The predicted molar refractivity (Wildman–Crippen MR) is 95.2 cm³/mol. The molecule has 0 amide bonds. The summed E-state index contributed by atoms with van der Waals surface area (Å²) in [6.07, 6.45) is 12.6. The van der Waals surface area contributed by atoms with Crippen LogP contribution in [-0.4, -0.2) is 41.7 Å². The Balaban J connectivity index is 4.29. The van der Waals surface area contributed by atoms with E-state index in [-0.39, 0.29) is 0 Å². The van der Waals surface area contributed by atoms with Gasteiger partial charge in [-0.1, -0.05) is 46.5 Å². The van der Waals surface area contributed by atoms with Gasteiger partial charge in [0.15, 0.2) is 0 Å². The number of carbonyl (C=O) groups is 1. The highest BCUT2D eigenvalue weighted by molar-refractivity contribution is 5.66. The van der Waals surface area contributed by atoms with Gasteiger partial charge >= 0.3 is 5.97 Å². The van der Waals surface area contributed by atoms with E-state index in [1.54, 1.807) is 0 Å². The molecule has 3 heteroatoms. The van der Waals surface area contributed by atoms with E-state index in [4.69, 9.17) is 5.11 Å². The molecule has 0 aliphatic carbocycles. The maximum Gasteiger partial charge on any atom is 0.303 e. The molecular formula is C19H40NO2+. The minimum absolute atomic E-state index is 0.335. The van der Waals surface area contributed by atoms with Crippen LogP contribution in [0, 0.1) is 0 Å². The van der Waals surface area contributed by atoms with Crippen molar-refractivity contribution < 1.29 is 14.4 Å². The number of aliphatic carboxylic acids is 1. The third kappa shape index (κ3) is 11.1. The zero-order chi connectivity index (χ0) is 16.7. The first-order valence-corrected chi connectivity index (χ1v) is 9.67. The average molecular weight is 315 g/mol. The molecule has 0 aromatic rings. The van der Waals surface area contributed by atoms with E-state index in [2.05, 4.69) is 20.8 Å². The largest absolute Gasteiger partial charge is 0.481 e. The molecule has 0 heterocycles. The molecule has 0 rings (SSSR count). The number of carboxylic acids is 1. The van der Waals surface area contributed by atoms with Gasteiger partial charge in [-0.2, -0.15) is 0 Å². The number of rotatable bonds is 16. The molecule has 0 aliphatic heterocycles. The minimum atomic E-state index is -0.654. The van der Waals surface area contributed by atoms with E-state index < -0.39 is 5.97 Å². The Kier molecular flexibility index (Phi) is 13.7. The van der Waals surface area contributed by atoms with Gasteiger partial charge in [0.05, 0.1) is 26.2 Å². The topological polar surface area (TPSA) is 37.3 Å². The summed E-state index contributed by atoms with van der Waals surface area (Å²) < 4.78 is 1.31. The Morgan fingerprint density at radius 2 is 1.09 bits per heavy atom. The van der Waals surface area contributed by atoms with Crippen LogP contribution in [0.2, 0.25) is 0 Å². The molecule has 0 aromatic heterocycles. The van der Waals surface area contributed by atoms with Crippen LogP contribution in [0.15, 0.2) is 0 Å². The first-order valence-electron chi connectivity index (χ1n) is 9.67. The van der Waals surface area contributed by atoms with Crippen molar-refractivity contribution in [3.8, 4) is 0 Å². The Bertz CT molecular complexity index is 244. The second-order valence-electron chi connectivity index (χ2n) is 6.85. The van der Waals surface area contributed by atoms with E-state index in [9.17, 15) is 4.79 Å². The zero-order valence-electron chi connectivity index (χ0n) is 15.4. The van der Waals surface area contributed by atoms with Gasteiger partial charge in [-0.15, -0.1) is 0 Å². The van der Waals surface area contributed by atoms with Crippen LogP contribution >= 0.6 is 0 Å². The smallest absolute Gasteiger partial charge is 0.303 e. The van der Waals surface area contributed by atoms with E-state index >= 15 is 0 Å². The Morgan fingerprint density at radius 3 is 1.50 bits per heavy atom. The number of hydrogen-bond acceptors (Lipinski definition) is 1. The lowest BCUT2D eigenvalue weighted by Gasteiger charge is -2.39. The maximum atomic E-state index is 10.5. The number of unbranched alkanes of at least 4 members (excludes halogenated alkanes) is 6. The summed E-state index contributed by atoms with van der Waals surface area (Å²) in [7, 11) is 0. The van der Waals surface area contributed by atoms with Crippen LogP contribution in [0.3, 0.4) is 0 Å². The average Bonchev–Trinajstić information content (AvgIpc) is 2.51. The van der Waals surface area contributed by atoms with Gasteiger partial charge in [-0.3, -0.25) is 4.79 Å². The first-order chi connectivity index (χ1) is 10.6. The summed E-state index contributed by atoms with van der Waals surface area (Å²) in [5, 5.41) is 8.69. The van der Waals surface area contributed by atoms with E-state index in [1.165, 1.54) is 82.0 Å². The molecule has 0 aliphatic rings. The van der Waals surface area contributed by atoms with Crippen molar-refractivity contribution in [3.63, 3.8) is 0 Å². The standard InChI is InChI=1S/C19H39NO2/c1-4-7-15-20(16-8-5-2,17-9-6-3)18-13-11-10-12-14-19(21)22/h4-18H2,1-3H3/p+1. The molecule has 1 N–H and O–H groups in total. The molecule has 0 spiro atoms. The number of nitrogens with zero attached hydrogens (tertiary/aromatic N) is 1. The molecule has 0 unspecified atom stereocenters. The molecule has 0 aromatic carbocycles. The Hall–Kier alpha value is -0.570. The fourth-order valence-electron chi connectivity index (χ4n) is 3.23. The molecule has 22 heavy (non-hydrogen) atoms. The van der Waals surface area contributed by atoms with Crippen LogP contribution in [0.4, 0.5) is 0 Å². The third-order valence-electron chi connectivity index (χ3n) is 4.73. The van der Waals surface area contributed by atoms with Crippen molar-refractivity contribution in [1.29, 1.82) is 0 Å². The van der Waals surface area contributed by atoms with Crippen molar-refractivity contribution in [3.05, 3.63) is 0 Å². The molecule has 132 valence electrons. The normalized spacial score (nSPS) is 11.8. The lowest BCUT2D eigenvalue weighted by molar-refractivity contribution is -0.929. The quantitative estimate of drug-likeness (QED) is 0.312. The zero-order valence-corrected chi connectivity index (χ0v) is 15.4. The lowest BCUT2D eigenvalue weighted by Crippen LogP contribution is -2.50. The van der Waals surface area contributed by atoms with Crippen molar-refractivity contribution in [2.75, 3.05) is 26.2 Å². The van der Waals surface area contributed by atoms with Crippen molar-refractivity contribution >= 4 is 5.97 Å². The highest BCUT2D eigenvalue weighted by Gasteiger charge is 2.24. The molecular weight excluding hydrogens is 274 g/mol. The van der Waals surface area contributed by atoms with E-state index in [0.717, 1.165) is 12.8 Å². The summed E-state index contributed by atoms with van der Waals surface area (Å²) in [6.45, 7) is 12.2.